The van der Waals surface area contributed by atoms with Crippen molar-refractivity contribution in [1.29, 1.82) is 0 Å². The van der Waals surface area contributed by atoms with Crippen molar-refractivity contribution in [2.24, 2.45) is 0 Å². The van der Waals surface area contributed by atoms with Crippen LogP contribution in [0.1, 0.15) is 31.7 Å². The summed E-state index contributed by atoms with van der Waals surface area (Å²) in [4.78, 5) is 14.5. The van der Waals surface area contributed by atoms with Gasteiger partial charge in [0, 0.05) is 24.0 Å². The third-order valence-corrected chi connectivity index (χ3v) is 4.65. The van der Waals surface area contributed by atoms with E-state index in [1.54, 1.807) is 0 Å². The van der Waals surface area contributed by atoms with Crippen LogP contribution in [0.2, 0.25) is 0 Å². The molecule has 0 saturated carbocycles. The molecule has 0 aliphatic carbocycles. The summed E-state index contributed by atoms with van der Waals surface area (Å²) in [6.07, 6.45) is 3.81. The van der Waals surface area contributed by atoms with Crippen molar-refractivity contribution in [2.75, 3.05) is 23.4 Å². The minimum Gasteiger partial charge on any atom is -0.484 e. The average Bonchev–Trinajstić information content (AvgIpc) is 2.61. The SMILES string of the molecule is Cc1cccc(OCC(=O)Nc2ccc(N3CCCCC3C)cc2)c1. The summed E-state index contributed by atoms with van der Waals surface area (Å²) in [6.45, 7) is 5.39. The second-order valence-corrected chi connectivity index (χ2v) is 6.74. The van der Waals surface area contributed by atoms with Gasteiger partial charge in [0.2, 0.25) is 0 Å². The molecule has 0 radical (unpaired) electrons. The predicted octanol–water partition coefficient (Wildman–Crippen LogP) is 4.39. The molecule has 1 heterocycles. The van der Waals surface area contributed by atoms with Crippen molar-refractivity contribution in [2.45, 2.75) is 39.2 Å². The van der Waals surface area contributed by atoms with E-state index in [1.165, 1.54) is 24.9 Å². The number of piperidine rings is 1. The molecule has 3 rings (SSSR count). The molecule has 2 aromatic carbocycles. The quantitative estimate of drug-likeness (QED) is 0.879. The minimum atomic E-state index is -0.152. The molecular formula is C21H26N2O2. The van der Waals surface area contributed by atoms with Crippen LogP contribution in [0.25, 0.3) is 0 Å². The highest BCUT2D eigenvalue weighted by Gasteiger charge is 2.18. The Bertz CT molecular complexity index is 712. The number of amides is 1. The van der Waals surface area contributed by atoms with Crippen LogP contribution in [-0.4, -0.2) is 25.1 Å². The summed E-state index contributed by atoms with van der Waals surface area (Å²) in [6, 6.07) is 16.4. The van der Waals surface area contributed by atoms with E-state index in [-0.39, 0.29) is 12.5 Å². The molecule has 1 N–H and O–H groups in total. The molecule has 1 amide bonds. The van der Waals surface area contributed by atoms with Crippen LogP contribution in [0.5, 0.6) is 5.75 Å². The first kappa shape index (κ1) is 17.3. The van der Waals surface area contributed by atoms with Gasteiger partial charge < -0.3 is 15.0 Å². The lowest BCUT2D eigenvalue weighted by atomic mass is 10.0. The number of carbonyl (C=O) groups excluding carboxylic acids is 1. The number of benzene rings is 2. The topological polar surface area (TPSA) is 41.6 Å². The number of ether oxygens (including phenoxy) is 1. The molecule has 0 aromatic heterocycles. The molecule has 1 aliphatic rings. The Kier molecular flexibility index (Phi) is 5.59. The Morgan fingerprint density at radius 2 is 2.00 bits per heavy atom. The smallest absolute Gasteiger partial charge is 0.262 e. The summed E-state index contributed by atoms with van der Waals surface area (Å²) >= 11 is 0. The van der Waals surface area contributed by atoms with Crippen molar-refractivity contribution < 1.29 is 9.53 Å². The van der Waals surface area contributed by atoms with Crippen LogP contribution in [0, 0.1) is 6.92 Å². The number of nitrogens with zero attached hydrogens (tertiary/aromatic N) is 1. The van der Waals surface area contributed by atoms with Gasteiger partial charge in [-0.3, -0.25) is 4.79 Å². The molecule has 132 valence electrons. The van der Waals surface area contributed by atoms with Crippen LogP contribution >= 0.6 is 0 Å². The lowest BCUT2D eigenvalue weighted by molar-refractivity contribution is -0.118. The van der Waals surface area contributed by atoms with Crippen molar-refractivity contribution in [3.8, 4) is 5.75 Å². The maximum absolute atomic E-state index is 12.1. The predicted molar refractivity (Wildman–Crippen MR) is 102 cm³/mol. The number of rotatable bonds is 5. The van der Waals surface area contributed by atoms with Gasteiger partial charge in [0.15, 0.2) is 6.61 Å². The average molecular weight is 338 g/mol. The maximum atomic E-state index is 12.1. The third kappa shape index (κ3) is 4.75. The zero-order valence-corrected chi connectivity index (χ0v) is 15.0. The van der Waals surface area contributed by atoms with Gasteiger partial charge in [0.05, 0.1) is 0 Å². The van der Waals surface area contributed by atoms with Crippen LogP contribution in [0.15, 0.2) is 48.5 Å². The molecule has 1 fully saturated rings. The monoisotopic (exact) mass is 338 g/mol. The molecule has 1 saturated heterocycles. The fourth-order valence-electron chi connectivity index (χ4n) is 3.27. The molecule has 1 unspecified atom stereocenters. The van der Waals surface area contributed by atoms with Crippen molar-refractivity contribution in [1.82, 2.24) is 0 Å². The molecule has 4 heteroatoms. The summed E-state index contributed by atoms with van der Waals surface area (Å²) < 4.78 is 5.53. The lowest BCUT2D eigenvalue weighted by Gasteiger charge is -2.35. The Hall–Kier alpha value is -2.49. The van der Waals surface area contributed by atoms with Crippen molar-refractivity contribution in [3.05, 3.63) is 54.1 Å². The van der Waals surface area contributed by atoms with Gasteiger partial charge in [-0.15, -0.1) is 0 Å². The highest BCUT2D eigenvalue weighted by molar-refractivity contribution is 5.92. The minimum absolute atomic E-state index is 0.00830. The second kappa shape index (κ2) is 8.06. The number of hydrogen-bond acceptors (Lipinski definition) is 3. The molecule has 1 aliphatic heterocycles. The van der Waals surface area contributed by atoms with E-state index < -0.39 is 0 Å². The van der Waals surface area contributed by atoms with E-state index in [0.717, 1.165) is 17.8 Å². The van der Waals surface area contributed by atoms with Crippen LogP contribution in [-0.2, 0) is 4.79 Å². The van der Waals surface area contributed by atoms with E-state index in [4.69, 9.17) is 4.74 Å². The van der Waals surface area contributed by atoms with Gasteiger partial charge >= 0.3 is 0 Å². The Labute approximate surface area is 149 Å². The molecular weight excluding hydrogens is 312 g/mol. The van der Waals surface area contributed by atoms with E-state index in [9.17, 15) is 4.79 Å². The van der Waals surface area contributed by atoms with E-state index >= 15 is 0 Å². The molecule has 25 heavy (non-hydrogen) atoms. The zero-order valence-electron chi connectivity index (χ0n) is 15.0. The van der Waals surface area contributed by atoms with Gasteiger partial charge in [-0.25, -0.2) is 0 Å². The first-order valence-electron chi connectivity index (χ1n) is 8.98. The number of hydrogen-bond donors (Lipinski definition) is 1. The fourth-order valence-corrected chi connectivity index (χ4v) is 3.27. The van der Waals surface area contributed by atoms with E-state index in [1.807, 2.05) is 43.3 Å². The molecule has 0 spiro atoms. The third-order valence-electron chi connectivity index (χ3n) is 4.65. The van der Waals surface area contributed by atoms with Crippen molar-refractivity contribution in [3.63, 3.8) is 0 Å². The number of anilines is 2. The second-order valence-electron chi connectivity index (χ2n) is 6.74. The summed E-state index contributed by atoms with van der Waals surface area (Å²) in [5.74, 6) is 0.560. The molecule has 1 atom stereocenters. The fraction of sp³-hybridized carbons (Fsp3) is 0.381. The van der Waals surface area contributed by atoms with Gasteiger partial charge in [-0.2, -0.15) is 0 Å². The standard InChI is InChI=1S/C21H26N2O2/c1-16-6-5-8-20(14-16)25-15-21(24)22-18-9-11-19(12-10-18)23-13-4-3-7-17(23)2/h5-6,8-12,14,17H,3-4,7,13,15H2,1-2H3,(H,22,24). The zero-order chi connectivity index (χ0) is 17.6. The van der Waals surface area contributed by atoms with Crippen molar-refractivity contribution >= 4 is 17.3 Å². The Morgan fingerprint density at radius 1 is 1.20 bits per heavy atom. The number of carbonyl (C=O) groups is 1. The van der Waals surface area contributed by atoms with Crippen LogP contribution in [0.3, 0.4) is 0 Å². The summed E-state index contributed by atoms with van der Waals surface area (Å²) in [5.41, 5.74) is 3.13. The highest BCUT2D eigenvalue weighted by Crippen LogP contribution is 2.25. The first-order valence-corrected chi connectivity index (χ1v) is 8.98. The first-order chi connectivity index (χ1) is 12.1. The van der Waals surface area contributed by atoms with Crippen LogP contribution < -0.4 is 15.0 Å². The largest absolute Gasteiger partial charge is 0.484 e. The van der Waals surface area contributed by atoms with Gasteiger partial charge in [-0.1, -0.05) is 12.1 Å². The van der Waals surface area contributed by atoms with E-state index in [2.05, 4.69) is 29.3 Å². The van der Waals surface area contributed by atoms with Gasteiger partial charge in [-0.05, 0) is 75.1 Å². The summed E-state index contributed by atoms with van der Waals surface area (Å²) in [7, 11) is 0. The molecule has 2 aromatic rings. The molecule has 0 bridgehead atoms. The van der Waals surface area contributed by atoms with Crippen LogP contribution in [0.4, 0.5) is 11.4 Å². The maximum Gasteiger partial charge on any atom is 0.262 e. The van der Waals surface area contributed by atoms with E-state index in [0.29, 0.717) is 11.8 Å². The summed E-state index contributed by atoms with van der Waals surface area (Å²) in [5, 5.41) is 2.89. The number of aryl methyl sites for hydroxylation is 1. The Balaban J connectivity index is 1.53. The highest BCUT2D eigenvalue weighted by atomic mass is 16.5. The lowest BCUT2D eigenvalue weighted by Crippen LogP contribution is -2.37. The normalized spacial score (nSPS) is 17.2. The number of nitrogens with one attached hydrogen (secondary N) is 1. The molecule has 4 nitrogen and oxygen atoms in total. The van der Waals surface area contributed by atoms with Gasteiger partial charge in [0.25, 0.3) is 5.91 Å². The van der Waals surface area contributed by atoms with Gasteiger partial charge in [0.1, 0.15) is 5.75 Å². The Morgan fingerprint density at radius 3 is 2.72 bits per heavy atom.